The van der Waals surface area contributed by atoms with E-state index in [1.54, 1.807) is 30.3 Å². The monoisotopic (exact) mass is 359 g/mol. The van der Waals surface area contributed by atoms with Crippen LogP contribution in [0.2, 0.25) is 0 Å². The maximum atomic E-state index is 12.4. The highest BCUT2D eigenvalue weighted by molar-refractivity contribution is 9.10. The highest BCUT2D eigenvalue weighted by Gasteiger charge is 2.36. The van der Waals surface area contributed by atoms with E-state index in [-0.39, 0.29) is 11.8 Å². The van der Waals surface area contributed by atoms with E-state index in [2.05, 4.69) is 20.7 Å². The van der Waals surface area contributed by atoms with Gasteiger partial charge in [-0.3, -0.25) is 9.59 Å². The normalized spacial score (nSPS) is 13.3. The molecule has 3 rings (SSSR count). The van der Waals surface area contributed by atoms with Gasteiger partial charge in [-0.05, 0) is 42.5 Å². The standard InChI is InChI=1S/C16H10BrNO4/c1-22-16(21)9-2-5-11(6-3-9)18-14(19)12-7-4-10(17)8-13(12)15(18)20/h2-8H,1H3. The predicted octanol–water partition coefficient (Wildman–Crippen LogP) is 3.04. The quantitative estimate of drug-likeness (QED) is 0.610. The second-order valence-electron chi connectivity index (χ2n) is 4.67. The van der Waals surface area contributed by atoms with Crippen molar-refractivity contribution in [2.24, 2.45) is 0 Å². The van der Waals surface area contributed by atoms with Gasteiger partial charge in [0.25, 0.3) is 11.8 Å². The molecule has 22 heavy (non-hydrogen) atoms. The summed E-state index contributed by atoms with van der Waals surface area (Å²) in [4.78, 5) is 37.3. The van der Waals surface area contributed by atoms with Gasteiger partial charge in [0.1, 0.15) is 0 Å². The average Bonchev–Trinajstić information content (AvgIpc) is 2.78. The third-order valence-electron chi connectivity index (χ3n) is 3.40. The molecule has 0 aliphatic carbocycles. The minimum Gasteiger partial charge on any atom is -0.465 e. The van der Waals surface area contributed by atoms with Gasteiger partial charge in [0.2, 0.25) is 0 Å². The van der Waals surface area contributed by atoms with E-state index < -0.39 is 5.97 Å². The van der Waals surface area contributed by atoms with Crippen LogP contribution in [-0.4, -0.2) is 24.9 Å². The molecule has 110 valence electrons. The average molecular weight is 360 g/mol. The molecule has 0 N–H and O–H groups in total. The largest absolute Gasteiger partial charge is 0.465 e. The van der Waals surface area contributed by atoms with Crippen LogP contribution < -0.4 is 4.90 Å². The highest BCUT2D eigenvalue weighted by atomic mass is 79.9. The third-order valence-corrected chi connectivity index (χ3v) is 3.89. The van der Waals surface area contributed by atoms with Crippen molar-refractivity contribution in [2.45, 2.75) is 0 Å². The first-order valence-corrected chi connectivity index (χ1v) is 7.19. The second-order valence-corrected chi connectivity index (χ2v) is 5.59. The van der Waals surface area contributed by atoms with Crippen molar-refractivity contribution in [2.75, 3.05) is 12.0 Å². The summed E-state index contributed by atoms with van der Waals surface area (Å²) in [5.74, 6) is -1.23. The fourth-order valence-corrected chi connectivity index (χ4v) is 2.67. The lowest BCUT2D eigenvalue weighted by Gasteiger charge is -2.14. The van der Waals surface area contributed by atoms with Gasteiger partial charge in [0.05, 0.1) is 29.5 Å². The van der Waals surface area contributed by atoms with Crippen LogP contribution in [0, 0.1) is 0 Å². The molecular weight excluding hydrogens is 350 g/mol. The van der Waals surface area contributed by atoms with Gasteiger partial charge < -0.3 is 4.74 Å². The number of rotatable bonds is 2. The molecule has 5 nitrogen and oxygen atoms in total. The zero-order valence-electron chi connectivity index (χ0n) is 11.5. The number of ether oxygens (including phenoxy) is 1. The van der Waals surface area contributed by atoms with Gasteiger partial charge in [0.15, 0.2) is 0 Å². The molecular formula is C16H10BrNO4. The lowest BCUT2D eigenvalue weighted by Crippen LogP contribution is -2.29. The summed E-state index contributed by atoms with van der Waals surface area (Å²) in [6, 6.07) is 11.1. The summed E-state index contributed by atoms with van der Waals surface area (Å²) in [6.07, 6.45) is 0. The van der Waals surface area contributed by atoms with E-state index in [0.717, 1.165) is 9.37 Å². The van der Waals surface area contributed by atoms with E-state index >= 15 is 0 Å². The Morgan fingerprint density at radius 3 is 2.27 bits per heavy atom. The molecule has 6 heteroatoms. The molecule has 0 aromatic heterocycles. The molecule has 0 saturated carbocycles. The van der Waals surface area contributed by atoms with Gasteiger partial charge >= 0.3 is 5.97 Å². The van der Waals surface area contributed by atoms with Crippen LogP contribution in [0.4, 0.5) is 5.69 Å². The maximum Gasteiger partial charge on any atom is 0.337 e. The molecule has 0 atom stereocenters. The fourth-order valence-electron chi connectivity index (χ4n) is 2.31. The lowest BCUT2D eigenvalue weighted by atomic mass is 10.1. The van der Waals surface area contributed by atoms with Gasteiger partial charge in [-0.15, -0.1) is 0 Å². The number of anilines is 1. The topological polar surface area (TPSA) is 63.7 Å². The highest BCUT2D eigenvalue weighted by Crippen LogP contribution is 2.30. The summed E-state index contributed by atoms with van der Waals surface area (Å²) < 4.78 is 5.35. The molecule has 0 unspecified atom stereocenters. The molecule has 2 amide bonds. The van der Waals surface area contributed by atoms with Crippen molar-refractivity contribution in [3.8, 4) is 0 Å². The Labute approximate surface area is 134 Å². The summed E-state index contributed by atoms with van der Waals surface area (Å²) in [7, 11) is 1.29. The van der Waals surface area contributed by atoms with Gasteiger partial charge in [-0.25, -0.2) is 9.69 Å². The Kier molecular flexibility index (Phi) is 3.54. The van der Waals surface area contributed by atoms with E-state index in [1.165, 1.54) is 19.2 Å². The third kappa shape index (κ3) is 2.21. The minimum atomic E-state index is -0.474. The molecule has 0 fully saturated rings. The van der Waals surface area contributed by atoms with Crippen LogP contribution in [0.15, 0.2) is 46.9 Å². The van der Waals surface area contributed by atoms with E-state index in [0.29, 0.717) is 22.4 Å². The van der Waals surface area contributed by atoms with E-state index in [1.807, 2.05) is 0 Å². The smallest absolute Gasteiger partial charge is 0.337 e. The van der Waals surface area contributed by atoms with Crippen molar-refractivity contribution in [3.05, 3.63) is 63.6 Å². The van der Waals surface area contributed by atoms with Crippen molar-refractivity contribution in [1.82, 2.24) is 0 Å². The first kappa shape index (κ1) is 14.5. The molecule has 1 aliphatic heterocycles. The van der Waals surface area contributed by atoms with E-state index in [4.69, 9.17) is 0 Å². The number of esters is 1. The molecule has 2 aromatic rings. The number of carbonyl (C=O) groups is 3. The van der Waals surface area contributed by atoms with Gasteiger partial charge in [-0.2, -0.15) is 0 Å². The Morgan fingerprint density at radius 1 is 1.00 bits per heavy atom. The number of carbonyl (C=O) groups excluding carboxylic acids is 3. The summed E-state index contributed by atoms with van der Waals surface area (Å²) in [6.45, 7) is 0. The molecule has 0 saturated heterocycles. The molecule has 1 heterocycles. The van der Waals surface area contributed by atoms with E-state index in [9.17, 15) is 14.4 Å². The zero-order valence-corrected chi connectivity index (χ0v) is 13.1. The lowest BCUT2D eigenvalue weighted by molar-refractivity contribution is 0.0600. The van der Waals surface area contributed by atoms with Gasteiger partial charge in [0, 0.05) is 4.47 Å². The van der Waals surface area contributed by atoms with Crippen LogP contribution >= 0.6 is 15.9 Å². The number of halogens is 1. The van der Waals surface area contributed by atoms with Crippen LogP contribution in [0.5, 0.6) is 0 Å². The molecule has 2 aromatic carbocycles. The second kappa shape index (κ2) is 5.38. The summed E-state index contributed by atoms with van der Waals surface area (Å²) in [5, 5.41) is 0. The van der Waals surface area contributed by atoms with Gasteiger partial charge in [-0.1, -0.05) is 15.9 Å². The number of benzene rings is 2. The van der Waals surface area contributed by atoms with Crippen molar-refractivity contribution in [3.63, 3.8) is 0 Å². The number of imide groups is 1. The SMILES string of the molecule is COC(=O)c1ccc(N2C(=O)c3ccc(Br)cc3C2=O)cc1. The van der Waals surface area contributed by atoms with Crippen LogP contribution in [0.1, 0.15) is 31.1 Å². The number of hydrogen-bond acceptors (Lipinski definition) is 4. The van der Waals surface area contributed by atoms with Crippen LogP contribution in [0.25, 0.3) is 0 Å². The van der Waals surface area contributed by atoms with Crippen molar-refractivity contribution < 1.29 is 19.1 Å². The number of fused-ring (bicyclic) bond motifs is 1. The summed E-state index contributed by atoms with van der Waals surface area (Å²) in [5.41, 5.74) is 1.49. The number of amides is 2. The van der Waals surface area contributed by atoms with Crippen LogP contribution in [-0.2, 0) is 4.74 Å². The van der Waals surface area contributed by atoms with Crippen LogP contribution in [0.3, 0.4) is 0 Å². The Hall–Kier alpha value is -2.47. The fraction of sp³-hybridized carbons (Fsp3) is 0.0625. The molecule has 0 radical (unpaired) electrons. The Balaban J connectivity index is 1.98. The molecule has 0 bridgehead atoms. The number of nitrogens with zero attached hydrogens (tertiary/aromatic N) is 1. The first-order chi connectivity index (χ1) is 10.5. The van der Waals surface area contributed by atoms with Crippen molar-refractivity contribution in [1.29, 1.82) is 0 Å². The minimum absolute atomic E-state index is 0.352. The maximum absolute atomic E-state index is 12.4. The Morgan fingerprint density at radius 2 is 1.64 bits per heavy atom. The summed E-state index contributed by atoms with van der Waals surface area (Å²) >= 11 is 3.29. The zero-order chi connectivity index (χ0) is 15.9. The molecule has 0 spiro atoms. The number of methoxy groups -OCH3 is 1. The first-order valence-electron chi connectivity index (χ1n) is 6.39. The Bertz CT molecular complexity index is 798. The number of hydrogen-bond donors (Lipinski definition) is 0. The van der Waals surface area contributed by atoms with Crippen molar-refractivity contribution >= 4 is 39.4 Å². The molecule has 1 aliphatic rings. The predicted molar refractivity (Wildman–Crippen MR) is 83.1 cm³/mol.